The molecule has 0 heterocycles. The van der Waals surface area contributed by atoms with Gasteiger partial charge in [-0.05, 0) is 25.5 Å². The van der Waals surface area contributed by atoms with Crippen LogP contribution in [0.3, 0.4) is 0 Å². The predicted octanol–water partition coefficient (Wildman–Crippen LogP) is 8.48. The fraction of sp³-hybridized carbons (Fsp3) is 0.536. The minimum atomic E-state index is 0.367. The van der Waals surface area contributed by atoms with Gasteiger partial charge in [0.25, 0.3) is 0 Å². The van der Waals surface area contributed by atoms with Crippen molar-refractivity contribution in [2.24, 2.45) is 0 Å². The minimum Gasteiger partial charge on any atom is -0.396 e. The number of benzene rings is 2. The molecule has 0 saturated carbocycles. The largest absolute Gasteiger partial charge is 0.396 e. The van der Waals surface area contributed by atoms with Crippen molar-refractivity contribution in [3.8, 4) is 6.07 Å². The van der Waals surface area contributed by atoms with Gasteiger partial charge in [0.2, 0.25) is 0 Å². The third kappa shape index (κ3) is 25.9. The van der Waals surface area contributed by atoms with Crippen LogP contribution in [0.2, 0.25) is 0 Å². The topological polar surface area (TPSA) is 44.0 Å². The Kier molecular flexibility index (Phi) is 27.0. The highest BCUT2D eigenvalue weighted by molar-refractivity contribution is 5.27. The first-order chi connectivity index (χ1) is 14.7. The number of nitriles is 1. The van der Waals surface area contributed by atoms with E-state index in [-0.39, 0.29) is 0 Å². The highest BCUT2D eigenvalue weighted by atomic mass is 16.2. The van der Waals surface area contributed by atoms with E-state index in [1.165, 1.54) is 63.4 Å². The van der Waals surface area contributed by atoms with Gasteiger partial charge in [-0.3, -0.25) is 0 Å². The van der Waals surface area contributed by atoms with Crippen molar-refractivity contribution in [1.82, 2.24) is 0 Å². The molecular weight excluding hydrogens is 366 g/mol. The molecule has 2 nitrogen and oxygen atoms in total. The molecule has 0 saturated heterocycles. The third-order valence-electron chi connectivity index (χ3n) is 4.31. The maximum Gasteiger partial charge on any atom is 0.0991 e. The second-order valence-corrected chi connectivity index (χ2v) is 7.33. The van der Waals surface area contributed by atoms with Gasteiger partial charge in [-0.2, -0.15) is 5.26 Å². The number of rotatable bonds is 9. The summed E-state index contributed by atoms with van der Waals surface area (Å²) in [6.45, 7) is 9.13. The lowest BCUT2D eigenvalue weighted by molar-refractivity contribution is 0.282. The highest BCUT2D eigenvalue weighted by Crippen LogP contribution is 2.03. The molecule has 0 amide bonds. The molecule has 0 spiro atoms. The summed E-state index contributed by atoms with van der Waals surface area (Å²) >= 11 is 0. The summed E-state index contributed by atoms with van der Waals surface area (Å²) in [4.78, 5) is 0. The van der Waals surface area contributed by atoms with Crippen LogP contribution < -0.4 is 0 Å². The van der Waals surface area contributed by atoms with Gasteiger partial charge in [0.1, 0.15) is 0 Å². The number of unbranched alkanes of at least 4 members (excludes halogenated alkanes) is 8. The zero-order valence-electron chi connectivity index (χ0n) is 19.9. The fourth-order valence-corrected chi connectivity index (χ4v) is 2.44. The molecule has 0 aliphatic carbocycles. The molecule has 0 aliphatic heterocycles. The fourth-order valence-electron chi connectivity index (χ4n) is 2.44. The quantitative estimate of drug-likeness (QED) is 0.420. The van der Waals surface area contributed by atoms with E-state index in [0.717, 1.165) is 6.42 Å². The first-order valence-corrected chi connectivity index (χ1v) is 11.7. The number of aliphatic hydroxyl groups excluding tert-OH is 1. The van der Waals surface area contributed by atoms with E-state index in [4.69, 9.17) is 10.4 Å². The zero-order chi connectivity index (χ0) is 22.7. The SMILES string of the molecule is CCCCCC.CCCCCCCCO.Cc1ccccc1.N#Cc1ccccc1. The second-order valence-electron chi connectivity index (χ2n) is 7.33. The summed E-state index contributed by atoms with van der Waals surface area (Å²) in [5.41, 5.74) is 2.04. The Morgan fingerprint density at radius 1 is 0.633 bits per heavy atom. The van der Waals surface area contributed by atoms with E-state index in [1.54, 1.807) is 12.1 Å². The molecule has 0 radical (unpaired) electrons. The highest BCUT2D eigenvalue weighted by Gasteiger charge is 1.86. The first-order valence-electron chi connectivity index (χ1n) is 11.7. The lowest BCUT2D eigenvalue weighted by atomic mass is 10.1. The maximum atomic E-state index is 8.42. The van der Waals surface area contributed by atoms with Gasteiger partial charge in [0.15, 0.2) is 0 Å². The van der Waals surface area contributed by atoms with E-state index in [1.807, 2.05) is 42.5 Å². The van der Waals surface area contributed by atoms with Gasteiger partial charge >= 0.3 is 0 Å². The molecule has 2 heteroatoms. The summed E-state index contributed by atoms with van der Waals surface area (Å²) in [7, 11) is 0. The molecule has 168 valence electrons. The maximum absolute atomic E-state index is 8.42. The Morgan fingerprint density at radius 2 is 1.03 bits per heavy atom. The van der Waals surface area contributed by atoms with E-state index in [9.17, 15) is 0 Å². The lowest BCUT2D eigenvalue weighted by Crippen LogP contribution is -1.82. The van der Waals surface area contributed by atoms with Gasteiger partial charge in [-0.1, -0.05) is 133 Å². The van der Waals surface area contributed by atoms with Gasteiger partial charge < -0.3 is 5.11 Å². The molecule has 30 heavy (non-hydrogen) atoms. The van der Waals surface area contributed by atoms with Crippen molar-refractivity contribution in [2.45, 2.75) is 91.9 Å². The van der Waals surface area contributed by atoms with E-state index in [2.05, 4.69) is 39.8 Å². The van der Waals surface area contributed by atoms with Gasteiger partial charge in [-0.25, -0.2) is 0 Å². The molecule has 0 unspecified atom stereocenters. The van der Waals surface area contributed by atoms with E-state index in [0.29, 0.717) is 12.2 Å². The smallest absolute Gasteiger partial charge is 0.0991 e. The Hall–Kier alpha value is -2.11. The molecule has 0 bridgehead atoms. The Labute approximate surface area is 187 Å². The van der Waals surface area contributed by atoms with E-state index >= 15 is 0 Å². The van der Waals surface area contributed by atoms with Crippen LogP contribution in [0.4, 0.5) is 0 Å². The number of hydrogen-bond donors (Lipinski definition) is 1. The molecule has 0 aromatic heterocycles. The zero-order valence-corrected chi connectivity index (χ0v) is 19.9. The number of nitrogens with zero attached hydrogens (tertiary/aromatic N) is 1. The lowest BCUT2D eigenvalue weighted by Gasteiger charge is -1.95. The average Bonchev–Trinajstić information content (AvgIpc) is 2.80. The van der Waals surface area contributed by atoms with E-state index < -0.39 is 0 Å². The molecular formula is C28H45NO. The van der Waals surface area contributed by atoms with Crippen LogP contribution in [-0.4, -0.2) is 11.7 Å². The Morgan fingerprint density at radius 3 is 1.37 bits per heavy atom. The molecule has 0 atom stereocenters. The molecule has 2 aromatic carbocycles. The summed E-state index contributed by atoms with van der Waals surface area (Å²) in [5.74, 6) is 0. The number of hydrogen-bond acceptors (Lipinski definition) is 2. The van der Waals surface area contributed by atoms with Gasteiger partial charge in [0, 0.05) is 6.61 Å². The minimum absolute atomic E-state index is 0.367. The molecule has 0 fully saturated rings. The van der Waals surface area contributed by atoms with Crippen LogP contribution in [0.15, 0.2) is 60.7 Å². The predicted molar refractivity (Wildman–Crippen MR) is 133 cm³/mol. The normalized spacial score (nSPS) is 8.93. The van der Waals surface area contributed by atoms with Crippen LogP contribution >= 0.6 is 0 Å². The van der Waals surface area contributed by atoms with Crippen LogP contribution in [0, 0.1) is 18.3 Å². The first kappa shape index (κ1) is 30.1. The van der Waals surface area contributed by atoms with Crippen molar-refractivity contribution in [3.63, 3.8) is 0 Å². The van der Waals surface area contributed by atoms with Gasteiger partial charge in [0.05, 0.1) is 11.6 Å². The van der Waals surface area contributed by atoms with Crippen molar-refractivity contribution in [2.75, 3.05) is 6.61 Å². The van der Waals surface area contributed by atoms with Crippen molar-refractivity contribution in [3.05, 3.63) is 71.8 Å². The van der Waals surface area contributed by atoms with Crippen LogP contribution in [0.5, 0.6) is 0 Å². The summed E-state index contributed by atoms with van der Waals surface area (Å²) in [5, 5.41) is 16.7. The summed E-state index contributed by atoms with van der Waals surface area (Å²) in [6, 6.07) is 21.4. The van der Waals surface area contributed by atoms with Crippen molar-refractivity contribution < 1.29 is 5.11 Å². The molecule has 2 rings (SSSR count). The van der Waals surface area contributed by atoms with Crippen LogP contribution in [0.1, 0.15) is 96.1 Å². The Bertz CT molecular complexity index is 565. The second kappa shape index (κ2) is 26.9. The van der Waals surface area contributed by atoms with Crippen molar-refractivity contribution in [1.29, 1.82) is 5.26 Å². The number of aliphatic hydroxyl groups is 1. The summed E-state index contributed by atoms with van der Waals surface area (Å²) in [6.07, 6.45) is 13.0. The van der Waals surface area contributed by atoms with Crippen LogP contribution in [-0.2, 0) is 0 Å². The van der Waals surface area contributed by atoms with Gasteiger partial charge in [-0.15, -0.1) is 0 Å². The molecule has 1 N–H and O–H groups in total. The number of aryl methyl sites for hydroxylation is 1. The average molecular weight is 412 g/mol. The standard InChI is InChI=1S/C8H18O.C7H5N.C7H8.C6H14/c1-2-3-4-5-6-7-8-9;8-6-7-4-2-1-3-5-7;1-7-5-3-2-4-6-7;1-3-5-6-4-2/h9H,2-8H2,1H3;1-5H;2-6H,1H3;3-6H2,1-2H3. The summed E-state index contributed by atoms with van der Waals surface area (Å²) < 4.78 is 0. The third-order valence-corrected chi connectivity index (χ3v) is 4.31. The molecule has 2 aromatic rings. The Balaban J connectivity index is 0. The molecule has 0 aliphatic rings. The van der Waals surface area contributed by atoms with Crippen molar-refractivity contribution >= 4 is 0 Å². The van der Waals surface area contributed by atoms with Crippen LogP contribution in [0.25, 0.3) is 0 Å². The monoisotopic (exact) mass is 411 g/mol.